The van der Waals surface area contributed by atoms with Crippen LogP contribution in [-0.2, 0) is 11.2 Å². The van der Waals surface area contributed by atoms with Crippen LogP contribution in [-0.4, -0.2) is 18.5 Å². The van der Waals surface area contributed by atoms with Crippen molar-refractivity contribution < 1.29 is 4.79 Å². The largest absolute Gasteiger partial charge is 0.353 e. The number of hydrogen-bond acceptors (Lipinski definition) is 2. The second kappa shape index (κ2) is 7.39. The van der Waals surface area contributed by atoms with Crippen molar-refractivity contribution in [1.82, 2.24) is 5.32 Å². The van der Waals surface area contributed by atoms with Crippen molar-refractivity contribution in [2.45, 2.75) is 32.7 Å². The van der Waals surface area contributed by atoms with Crippen molar-refractivity contribution in [3.63, 3.8) is 0 Å². The SMILES string of the molecule is CC(CN)CC(=O)NC(C)Cc1ccc(Cl)cc1. The third-order valence-corrected chi connectivity index (χ3v) is 3.05. The molecule has 3 N–H and O–H groups in total. The standard InChI is InChI=1S/C14H21ClN2O/c1-10(9-16)7-14(18)17-11(2)8-12-3-5-13(15)6-4-12/h3-6,10-11H,7-9,16H2,1-2H3,(H,17,18). The molecule has 0 spiro atoms. The molecule has 0 saturated heterocycles. The van der Waals surface area contributed by atoms with E-state index in [-0.39, 0.29) is 17.9 Å². The Morgan fingerprint density at radius 2 is 1.94 bits per heavy atom. The summed E-state index contributed by atoms with van der Waals surface area (Å²) in [5, 5.41) is 3.71. The van der Waals surface area contributed by atoms with Gasteiger partial charge < -0.3 is 11.1 Å². The van der Waals surface area contributed by atoms with Gasteiger partial charge in [-0.15, -0.1) is 0 Å². The fourth-order valence-corrected chi connectivity index (χ4v) is 1.88. The molecule has 0 aliphatic rings. The van der Waals surface area contributed by atoms with Crippen LogP contribution >= 0.6 is 11.6 Å². The highest BCUT2D eigenvalue weighted by molar-refractivity contribution is 6.30. The zero-order valence-corrected chi connectivity index (χ0v) is 11.7. The van der Waals surface area contributed by atoms with Crippen molar-refractivity contribution in [3.05, 3.63) is 34.9 Å². The average molecular weight is 269 g/mol. The number of hydrogen-bond donors (Lipinski definition) is 2. The van der Waals surface area contributed by atoms with Crippen LogP contribution in [0.25, 0.3) is 0 Å². The van der Waals surface area contributed by atoms with Gasteiger partial charge in [-0.3, -0.25) is 4.79 Å². The molecule has 0 aliphatic carbocycles. The molecule has 0 bridgehead atoms. The first-order chi connectivity index (χ1) is 8.51. The Morgan fingerprint density at radius 3 is 2.50 bits per heavy atom. The number of nitrogens with two attached hydrogens (primary N) is 1. The number of nitrogens with one attached hydrogen (secondary N) is 1. The van der Waals surface area contributed by atoms with E-state index in [9.17, 15) is 4.79 Å². The topological polar surface area (TPSA) is 55.1 Å². The van der Waals surface area contributed by atoms with Gasteiger partial charge in [0.05, 0.1) is 0 Å². The van der Waals surface area contributed by atoms with E-state index < -0.39 is 0 Å². The van der Waals surface area contributed by atoms with Gasteiger partial charge in [-0.1, -0.05) is 30.7 Å². The van der Waals surface area contributed by atoms with E-state index in [1.54, 1.807) is 0 Å². The molecule has 1 amide bonds. The average Bonchev–Trinajstić information content (AvgIpc) is 2.31. The Bertz CT molecular complexity index is 378. The van der Waals surface area contributed by atoms with Crippen LogP contribution in [0.5, 0.6) is 0 Å². The van der Waals surface area contributed by atoms with Gasteiger partial charge in [-0.2, -0.15) is 0 Å². The summed E-state index contributed by atoms with van der Waals surface area (Å²) >= 11 is 5.82. The number of rotatable bonds is 6. The minimum absolute atomic E-state index is 0.0643. The number of carbonyl (C=O) groups excluding carboxylic acids is 1. The van der Waals surface area contributed by atoms with Gasteiger partial charge in [0, 0.05) is 17.5 Å². The maximum absolute atomic E-state index is 11.7. The quantitative estimate of drug-likeness (QED) is 0.832. The second-order valence-electron chi connectivity index (χ2n) is 4.84. The number of carbonyl (C=O) groups is 1. The lowest BCUT2D eigenvalue weighted by Gasteiger charge is -2.15. The summed E-state index contributed by atoms with van der Waals surface area (Å²) in [5.41, 5.74) is 6.66. The molecule has 4 heteroatoms. The van der Waals surface area contributed by atoms with Crippen LogP contribution in [0.2, 0.25) is 5.02 Å². The lowest BCUT2D eigenvalue weighted by atomic mass is 10.1. The molecule has 0 aromatic heterocycles. The molecule has 0 aliphatic heterocycles. The fourth-order valence-electron chi connectivity index (χ4n) is 1.76. The Labute approximate surface area is 114 Å². The molecule has 100 valence electrons. The molecule has 18 heavy (non-hydrogen) atoms. The normalized spacial score (nSPS) is 14.0. The molecular formula is C14H21ClN2O. The minimum atomic E-state index is 0.0643. The summed E-state index contributed by atoms with van der Waals surface area (Å²) in [7, 11) is 0. The summed E-state index contributed by atoms with van der Waals surface area (Å²) in [4.78, 5) is 11.7. The first-order valence-electron chi connectivity index (χ1n) is 6.25. The van der Waals surface area contributed by atoms with Gasteiger partial charge in [-0.05, 0) is 43.5 Å². The molecule has 3 nitrogen and oxygen atoms in total. The van der Waals surface area contributed by atoms with E-state index >= 15 is 0 Å². The lowest BCUT2D eigenvalue weighted by molar-refractivity contribution is -0.122. The summed E-state index contributed by atoms with van der Waals surface area (Å²) in [5.74, 6) is 0.294. The molecule has 0 saturated carbocycles. The number of amides is 1. The molecule has 1 rings (SSSR count). The van der Waals surface area contributed by atoms with Gasteiger partial charge in [0.15, 0.2) is 0 Å². The van der Waals surface area contributed by atoms with E-state index in [4.69, 9.17) is 17.3 Å². The molecular weight excluding hydrogens is 248 g/mol. The molecule has 0 heterocycles. The van der Waals surface area contributed by atoms with E-state index in [2.05, 4.69) is 5.32 Å². The third kappa shape index (κ3) is 5.52. The Balaban J connectivity index is 2.39. The molecule has 0 radical (unpaired) electrons. The fraction of sp³-hybridized carbons (Fsp3) is 0.500. The molecule has 2 atom stereocenters. The number of halogens is 1. The lowest BCUT2D eigenvalue weighted by Crippen LogP contribution is -2.35. The van der Waals surface area contributed by atoms with Crippen molar-refractivity contribution in [1.29, 1.82) is 0 Å². The van der Waals surface area contributed by atoms with Crippen LogP contribution in [0.3, 0.4) is 0 Å². The second-order valence-corrected chi connectivity index (χ2v) is 5.28. The van der Waals surface area contributed by atoms with Crippen molar-refractivity contribution in [2.24, 2.45) is 11.7 Å². The molecule has 2 unspecified atom stereocenters. The predicted octanol–water partition coefficient (Wildman–Crippen LogP) is 2.37. The van der Waals surface area contributed by atoms with Gasteiger partial charge in [0.2, 0.25) is 5.91 Å². The first kappa shape index (κ1) is 15.0. The van der Waals surface area contributed by atoms with E-state index in [0.717, 1.165) is 11.4 Å². The first-order valence-corrected chi connectivity index (χ1v) is 6.63. The van der Waals surface area contributed by atoms with Crippen LogP contribution in [0.1, 0.15) is 25.8 Å². The Kier molecular flexibility index (Phi) is 6.16. The highest BCUT2D eigenvalue weighted by Gasteiger charge is 2.11. The highest BCUT2D eigenvalue weighted by Crippen LogP contribution is 2.11. The van der Waals surface area contributed by atoms with E-state index in [1.165, 1.54) is 5.56 Å². The summed E-state index contributed by atoms with van der Waals surface area (Å²) in [6.45, 7) is 4.52. The minimum Gasteiger partial charge on any atom is -0.353 e. The van der Waals surface area contributed by atoms with Crippen molar-refractivity contribution in [3.8, 4) is 0 Å². The van der Waals surface area contributed by atoms with Crippen LogP contribution in [0.15, 0.2) is 24.3 Å². The third-order valence-electron chi connectivity index (χ3n) is 2.80. The smallest absolute Gasteiger partial charge is 0.220 e. The maximum Gasteiger partial charge on any atom is 0.220 e. The molecule has 0 fully saturated rings. The van der Waals surface area contributed by atoms with E-state index in [0.29, 0.717) is 13.0 Å². The van der Waals surface area contributed by atoms with Crippen molar-refractivity contribution in [2.75, 3.05) is 6.54 Å². The molecule has 1 aromatic carbocycles. The zero-order valence-electron chi connectivity index (χ0n) is 10.9. The van der Waals surface area contributed by atoms with Crippen LogP contribution < -0.4 is 11.1 Å². The highest BCUT2D eigenvalue weighted by atomic mass is 35.5. The predicted molar refractivity (Wildman–Crippen MR) is 75.6 cm³/mol. The van der Waals surface area contributed by atoms with Crippen LogP contribution in [0, 0.1) is 5.92 Å². The zero-order chi connectivity index (χ0) is 13.5. The monoisotopic (exact) mass is 268 g/mol. The summed E-state index contributed by atoms with van der Waals surface area (Å²) in [6.07, 6.45) is 1.29. The Hall–Kier alpha value is -1.06. The van der Waals surface area contributed by atoms with Gasteiger partial charge in [-0.25, -0.2) is 0 Å². The summed E-state index contributed by atoms with van der Waals surface area (Å²) in [6, 6.07) is 7.80. The van der Waals surface area contributed by atoms with Gasteiger partial charge >= 0.3 is 0 Å². The molecule has 1 aromatic rings. The van der Waals surface area contributed by atoms with Crippen LogP contribution in [0.4, 0.5) is 0 Å². The van der Waals surface area contributed by atoms with Gasteiger partial charge in [0.1, 0.15) is 0 Å². The Morgan fingerprint density at radius 1 is 1.33 bits per heavy atom. The number of benzene rings is 1. The van der Waals surface area contributed by atoms with Crippen molar-refractivity contribution >= 4 is 17.5 Å². The summed E-state index contributed by atoms with van der Waals surface area (Å²) < 4.78 is 0. The van der Waals surface area contributed by atoms with Gasteiger partial charge in [0.25, 0.3) is 0 Å². The maximum atomic E-state index is 11.7. The van der Waals surface area contributed by atoms with E-state index in [1.807, 2.05) is 38.1 Å².